The van der Waals surface area contributed by atoms with Crippen molar-refractivity contribution in [2.24, 2.45) is 5.73 Å². The molecule has 1 aromatic carbocycles. The summed E-state index contributed by atoms with van der Waals surface area (Å²) in [6, 6.07) is 0.763. The van der Waals surface area contributed by atoms with Crippen molar-refractivity contribution < 1.29 is 23.5 Å². The van der Waals surface area contributed by atoms with Gasteiger partial charge in [-0.15, -0.1) is 0 Å². The summed E-state index contributed by atoms with van der Waals surface area (Å²) in [6.45, 7) is 8.69. The van der Waals surface area contributed by atoms with Crippen LogP contribution in [0, 0.1) is 12.7 Å². The third-order valence-corrected chi connectivity index (χ3v) is 5.92. The van der Waals surface area contributed by atoms with Crippen LogP contribution in [0.4, 0.5) is 4.39 Å². The predicted octanol–water partition coefficient (Wildman–Crippen LogP) is 2.53. The maximum atomic E-state index is 15.5. The lowest BCUT2D eigenvalue weighted by Gasteiger charge is -2.26. The van der Waals surface area contributed by atoms with E-state index in [4.69, 9.17) is 10.5 Å². The fraction of sp³-hybridized carbons (Fsp3) is 0.609. The molecule has 1 unspecified atom stereocenters. The van der Waals surface area contributed by atoms with Gasteiger partial charge in [-0.3, -0.25) is 14.4 Å². The lowest BCUT2D eigenvalue weighted by Crippen LogP contribution is -2.45. The summed E-state index contributed by atoms with van der Waals surface area (Å²) in [6.07, 6.45) is 1.65. The molecule has 170 valence electrons. The van der Waals surface area contributed by atoms with Crippen molar-refractivity contribution in [3.63, 3.8) is 0 Å². The molecule has 1 saturated heterocycles. The molecule has 3 rings (SSSR count). The summed E-state index contributed by atoms with van der Waals surface area (Å²) >= 11 is 0. The number of carbonyl (C=O) groups is 3. The fourth-order valence-electron chi connectivity index (χ4n) is 4.50. The number of aryl methyl sites for hydroxylation is 1. The average Bonchev–Trinajstić information content (AvgIpc) is 3.02. The van der Waals surface area contributed by atoms with Crippen LogP contribution < -0.4 is 11.1 Å². The van der Waals surface area contributed by atoms with Crippen molar-refractivity contribution in [3.8, 4) is 0 Å². The number of nitrogens with two attached hydrogens (primary N) is 1. The summed E-state index contributed by atoms with van der Waals surface area (Å²) in [5.41, 5.74) is 6.88. The van der Waals surface area contributed by atoms with Crippen LogP contribution in [-0.2, 0) is 20.9 Å². The molecule has 3 N–H and O–H groups in total. The second kappa shape index (κ2) is 8.94. The number of esters is 1. The molecule has 1 atom stereocenters. The number of carbonyl (C=O) groups excluding carboxylic acids is 3. The molecular formula is C23H32FN3O4. The summed E-state index contributed by atoms with van der Waals surface area (Å²) in [5.74, 6) is -1.87. The molecule has 0 spiro atoms. The minimum Gasteiger partial charge on any atom is -0.460 e. The third kappa shape index (κ3) is 5.06. The van der Waals surface area contributed by atoms with E-state index < -0.39 is 29.4 Å². The Labute approximate surface area is 182 Å². The minimum atomic E-state index is -1.01. The summed E-state index contributed by atoms with van der Waals surface area (Å²) in [7, 11) is 0. The van der Waals surface area contributed by atoms with E-state index in [2.05, 4.69) is 5.32 Å². The number of amides is 2. The molecule has 2 aliphatic rings. The number of nitrogens with zero attached hydrogens (tertiary/aromatic N) is 1. The van der Waals surface area contributed by atoms with E-state index >= 15 is 4.39 Å². The Bertz CT molecular complexity index is 888. The molecule has 31 heavy (non-hydrogen) atoms. The maximum absolute atomic E-state index is 15.5. The molecule has 8 heteroatoms. The fourth-order valence-corrected chi connectivity index (χ4v) is 4.50. The number of ether oxygens (including phenoxy) is 1. The highest BCUT2D eigenvalue weighted by Gasteiger charge is 2.39. The molecule has 7 nitrogen and oxygen atoms in total. The number of nitrogens with one attached hydrogen (secondary N) is 1. The first-order chi connectivity index (χ1) is 14.5. The Morgan fingerprint density at radius 3 is 2.55 bits per heavy atom. The number of hydrogen-bond donors (Lipinski definition) is 2. The number of rotatable bonds is 6. The van der Waals surface area contributed by atoms with Crippen LogP contribution in [0.3, 0.4) is 0 Å². The van der Waals surface area contributed by atoms with Crippen LogP contribution in [-0.4, -0.2) is 47.4 Å². The van der Waals surface area contributed by atoms with Crippen LogP contribution in [0.5, 0.6) is 0 Å². The van der Waals surface area contributed by atoms with E-state index in [9.17, 15) is 14.4 Å². The van der Waals surface area contributed by atoms with Gasteiger partial charge in [0.05, 0.1) is 12.1 Å². The van der Waals surface area contributed by atoms with Gasteiger partial charge < -0.3 is 20.7 Å². The van der Waals surface area contributed by atoms with E-state index in [0.29, 0.717) is 22.3 Å². The normalized spacial score (nSPS) is 18.1. The van der Waals surface area contributed by atoms with Crippen molar-refractivity contribution in [3.05, 3.63) is 34.1 Å². The maximum Gasteiger partial charge on any atom is 0.306 e. The number of fused-ring (bicyclic) bond motifs is 1. The highest BCUT2D eigenvalue weighted by Crippen LogP contribution is 2.37. The second-order valence-corrected chi connectivity index (χ2v) is 9.45. The molecule has 1 aromatic rings. The van der Waals surface area contributed by atoms with Crippen LogP contribution in [0.2, 0.25) is 0 Å². The first-order valence-corrected chi connectivity index (χ1v) is 10.8. The molecule has 1 fully saturated rings. The second-order valence-electron chi connectivity index (χ2n) is 9.45. The van der Waals surface area contributed by atoms with E-state index in [-0.39, 0.29) is 31.1 Å². The first kappa shape index (κ1) is 23.2. The summed E-state index contributed by atoms with van der Waals surface area (Å²) in [4.78, 5) is 38.6. The van der Waals surface area contributed by atoms with Gasteiger partial charge in [-0.05, 0) is 77.1 Å². The largest absolute Gasteiger partial charge is 0.460 e. The van der Waals surface area contributed by atoms with Crippen molar-refractivity contribution in [2.75, 3.05) is 13.1 Å². The van der Waals surface area contributed by atoms with E-state index in [1.165, 1.54) is 4.90 Å². The lowest BCUT2D eigenvalue weighted by molar-refractivity contribution is -0.155. The van der Waals surface area contributed by atoms with Gasteiger partial charge in [0, 0.05) is 12.0 Å². The van der Waals surface area contributed by atoms with Gasteiger partial charge in [0.2, 0.25) is 5.91 Å². The zero-order valence-electron chi connectivity index (χ0n) is 18.7. The molecule has 0 saturated carbocycles. The minimum absolute atomic E-state index is 0.0262. The topological polar surface area (TPSA) is 102 Å². The average molecular weight is 434 g/mol. The van der Waals surface area contributed by atoms with E-state index in [0.717, 1.165) is 25.9 Å². The Hall–Kier alpha value is -2.48. The van der Waals surface area contributed by atoms with Crippen molar-refractivity contribution in [1.82, 2.24) is 10.2 Å². The quantitative estimate of drug-likeness (QED) is 0.672. The smallest absolute Gasteiger partial charge is 0.306 e. The monoisotopic (exact) mass is 433 g/mol. The van der Waals surface area contributed by atoms with Gasteiger partial charge in [-0.25, -0.2) is 4.39 Å². The third-order valence-electron chi connectivity index (χ3n) is 5.92. The molecule has 2 amide bonds. The molecule has 0 aliphatic carbocycles. The predicted molar refractivity (Wildman–Crippen MR) is 114 cm³/mol. The number of piperidine rings is 1. The van der Waals surface area contributed by atoms with Crippen molar-refractivity contribution in [1.29, 1.82) is 0 Å². The van der Waals surface area contributed by atoms with Crippen LogP contribution >= 0.6 is 0 Å². The molecule has 0 radical (unpaired) electrons. The number of primary amides is 1. The van der Waals surface area contributed by atoms with E-state index in [1.54, 1.807) is 33.8 Å². The van der Waals surface area contributed by atoms with Gasteiger partial charge in [-0.2, -0.15) is 0 Å². The van der Waals surface area contributed by atoms with Gasteiger partial charge in [0.15, 0.2) is 0 Å². The first-order valence-electron chi connectivity index (χ1n) is 10.8. The Kier molecular flexibility index (Phi) is 6.69. The molecule has 0 aromatic heterocycles. The highest BCUT2D eigenvalue weighted by atomic mass is 19.1. The molecule has 0 bridgehead atoms. The van der Waals surface area contributed by atoms with Gasteiger partial charge in [0.25, 0.3) is 5.91 Å². The summed E-state index contributed by atoms with van der Waals surface area (Å²) in [5, 5.41) is 3.28. The highest BCUT2D eigenvalue weighted by molar-refractivity contribution is 6.02. The summed E-state index contributed by atoms with van der Waals surface area (Å²) < 4.78 is 20.7. The SMILES string of the molecule is Cc1cc(C2CCNCC2)c(F)c2c1C(=O)N(C(CCC(=O)OC(C)(C)C)C(N)=O)C2. The number of hydrogen-bond acceptors (Lipinski definition) is 5. The number of benzene rings is 1. The van der Waals surface area contributed by atoms with Crippen LogP contribution in [0.15, 0.2) is 6.07 Å². The molecule has 2 aliphatic heterocycles. The zero-order valence-corrected chi connectivity index (χ0v) is 18.7. The van der Waals surface area contributed by atoms with Crippen molar-refractivity contribution in [2.45, 2.75) is 77.5 Å². The van der Waals surface area contributed by atoms with Crippen LogP contribution in [0.25, 0.3) is 0 Å². The zero-order chi connectivity index (χ0) is 22.9. The van der Waals surface area contributed by atoms with Gasteiger partial charge >= 0.3 is 5.97 Å². The standard InChI is InChI=1S/C23H32FN3O4/c1-13-11-15(14-7-9-26-10-8-14)20(24)16-12-27(22(30)19(13)16)17(21(25)29)5-6-18(28)31-23(2,3)4/h11,14,17,26H,5-10,12H2,1-4H3,(H2,25,29). The van der Waals surface area contributed by atoms with Gasteiger partial charge in [0.1, 0.15) is 17.5 Å². The number of halogens is 1. The van der Waals surface area contributed by atoms with Crippen molar-refractivity contribution >= 4 is 17.8 Å². The lowest BCUT2D eigenvalue weighted by atomic mass is 9.86. The van der Waals surface area contributed by atoms with Crippen LogP contribution in [0.1, 0.15) is 79.4 Å². The van der Waals surface area contributed by atoms with Gasteiger partial charge in [-0.1, -0.05) is 6.07 Å². The molecule has 2 heterocycles. The Balaban J connectivity index is 1.82. The molecular weight excluding hydrogens is 401 g/mol. The Morgan fingerprint density at radius 2 is 1.97 bits per heavy atom. The van der Waals surface area contributed by atoms with E-state index in [1.807, 2.05) is 0 Å². The Morgan fingerprint density at radius 1 is 1.32 bits per heavy atom.